The van der Waals surface area contributed by atoms with E-state index in [0.717, 1.165) is 11.1 Å². The number of aromatic hydroxyl groups is 2. The predicted octanol–water partition coefficient (Wildman–Crippen LogP) is 5.65. The van der Waals surface area contributed by atoms with Gasteiger partial charge in [0.25, 0.3) is 0 Å². The predicted molar refractivity (Wildman–Crippen MR) is 119 cm³/mol. The summed E-state index contributed by atoms with van der Waals surface area (Å²) in [6.07, 6.45) is 5.05. The summed E-state index contributed by atoms with van der Waals surface area (Å²) in [5, 5.41) is 19.6. The highest BCUT2D eigenvalue weighted by Gasteiger charge is 2.29. The number of phenols is 2. The molecule has 0 unspecified atom stereocenters. The molecule has 2 rings (SSSR count). The summed E-state index contributed by atoms with van der Waals surface area (Å²) < 4.78 is 11.1. The van der Waals surface area contributed by atoms with Gasteiger partial charge in [-0.25, -0.2) is 0 Å². The number of hydrogen-bond acceptors (Lipinski definition) is 5. The Morgan fingerprint density at radius 3 is 2.43 bits per heavy atom. The van der Waals surface area contributed by atoms with E-state index in [1.165, 1.54) is 0 Å². The zero-order valence-electron chi connectivity index (χ0n) is 18.2. The molecule has 30 heavy (non-hydrogen) atoms. The van der Waals surface area contributed by atoms with Crippen molar-refractivity contribution in [2.24, 2.45) is 11.3 Å². The number of rotatable bonds is 10. The van der Waals surface area contributed by atoms with E-state index in [9.17, 15) is 15.0 Å². The van der Waals surface area contributed by atoms with Crippen molar-refractivity contribution in [2.45, 2.75) is 40.5 Å². The number of benzene rings is 2. The molecule has 5 heteroatoms. The fraction of sp³-hybridized carbons (Fsp3) is 0.400. The summed E-state index contributed by atoms with van der Waals surface area (Å²) in [7, 11) is 0. The molecule has 0 atom stereocenters. The minimum Gasteiger partial charge on any atom is -0.508 e. The van der Waals surface area contributed by atoms with Gasteiger partial charge in [-0.3, -0.25) is 4.79 Å². The first-order valence-corrected chi connectivity index (χ1v) is 10.3. The Balaban J connectivity index is 1.89. The molecule has 162 valence electrons. The second-order valence-electron chi connectivity index (χ2n) is 8.48. The van der Waals surface area contributed by atoms with E-state index < -0.39 is 5.41 Å². The summed E-state index contributed by atoms with van der Waals surface area (Å²) in [6.45, 7) is 8.57. The van der Waals surface area contributed by atoms with E-state index >= 15 is 0 Å². The number of carbonyl (C=O) groups excluding carboxylic acids is 1. The number of carbonyl (C=O) groups is 1. The molecule has 0 aliphatic heterocycles. The van der Waals surface area contributed by atoms with E-state index in [-0.39, 0.29) is 17.5 Å². The molecule has 0 heterocycles. The maximum absolute atomic E-state index is 12.2. The van der Waals surface area contributed by atoms with Crippen LogP contribution >= 0.6 is 0 Å². The lowest BCUT2D eigenvalue weighted by Crippen LogP contribution is -2.28. The van der Waals surface area contributed by atoms with Gasteiger partial charge in [-0.1, -0.05) is 44.2 Å². The zero-order chi connectivity index (χ0) is 22.1. The van der Waals surface area contributed by atoms with Crippen molar-refractivity contribution >= 4 is 18.1 Å². The van der Waals surface area contributed by atoms with Gasteiger partial charge in [0.2, 0.25) is 0 Å². The minimum atomic E-state index is -0.577. The molecule has 5 nitrogen and oxygen atoms in total. The van der Waals surface area contributed by atoms with Crippen LogP contribution in [0.25, 0.3) is 12.2 Å². The second kappa shape index (κ2) is 10.7. The number of hydrogen-bond donors (Lipinski definition) is 2. The number of esters is 1. The lowest BCUT2D eigenvalue weighted by Gasteiger charge is -2.23. The maximum Gasteiger partial charge on any atom is 0.311 e. The molecule has 0 radical (unpaired) electrons. The van der Waals surface area contributed by atoms with Gasteiger partial charge < -0.3 is 19.7 Å². The minimum absolute atomic E-state index is 0.0695. The van der Waals surface area contributed by atoms with Crippen molar-refractivity contribution in [1.29, 1.82) is 0 Å². The molecule has 0 aliphatic rings. The van der Waals surface area contributed by atoms with Gasteiger partial charge in [-0.15, -0.1) is 0 Å². The maximum atomic E-state index is 12.2. The quantitative estimate of drug-likeness (QED) is 0.299. The number of ether oxygens (including phenoxy) is 2. The molecular weight excluding hydrogens is 380 g/mol. The monoisotopic (exact) mass is 412 g/mol. The van der Waals surface area contributed by atoms with Gasteiger partial charge in [0.1, 0.15) is 5.75 Å². The van der Waals surface area contributed by atoms with Gasteiger partial charge in [-0.2, -0.15) is 0 Å². The van der Waals surface area contributed by atoms with Crippen molar-refractivity contribution in [3.05, 3.63) is 53.6 Å². The summed E-state index contributed by atoms with van der Waals surface area (Å²) in [5.41, 5.74) is 1.16. The lowest BCUT2D eigenvalue weighted by molar-refractivity contribution is -0.155. The first kappa shape index (κ1) is 23.3. The van der Waals surface area contributed by atoms with E-state index in [4.69, 9.17) is 9.47 Å². The standard InChI is InChI=1S/C25H32O5/c1-18(2)17-30-24(28)25(3,4)13-6-14-29-23-16-20(11-12-22(23)27)10-9-19-7-5-8-21(26)15-19/h5,7-12,15-16,18,26-27H,6,13-14,17H2,1-4H3/b10-9+. The van der Waals surface area contributed by atoms with Crippen LogP contribution in [-0.4, -0.2) is 29.4 Å². The van der Waals surface area contributed by atoms with Gasteiger partial charge in [-0.05, 0) is 68.0 Å². The van der Waals surface area contributed by atoms with Crippen LogP contribution in [0.2, 0.25) is 0 Å². The lowest BCUT2D eigenvalue weighted by atomic mass is 9.88. The van der Waals surface area contributed by atoms with Crippen molar-refractivity contribution in [3.8, 4) is 17.2 Å². The largest absolute Gasteiger partial charge is 0.508 e. The van der Waals surface area contributed by atoms with E-state index in [0.29, 0.717) is 37.7 Å². The third-order valence-corrected chi connectivity index (χ3v) is 4.63. The highest BCUT2D eigenvalue weighted by atomic mass is 16.5. The Morgan fingerprint density at radius 2 is 1.77 bits per heavy atom. The van der Waals surface area contributed by atoms with E-state index in [2.05, 4.69) is 0 Å². The molecule has 0 spiro atoms. The first-order valence-electron chi connectivity index (χ1n) is 10.3. The average Bonchev–Trinajstić information content (AvgIpc) is 2.69. The third-order valence-electron chi connectivity index (χ3n) is 4.63. The van der Waals surface area contributed by atoms with Gasteiger partial charge in [0.15, 0.2) is 11.5 Å². The van der Waals surface area contributed by atoms with Crippen LogP contribution in [0.5, 0.6) is 17.2 Å². The Labute approximate surface area is 179 Å². The SMILES string of the molecule is CC(C)COC(=O)C(C)(C)CCCOc1cc(/C=C/c2cccc(O)c2)ccc1O. The molecule has 2 aromatic rings. The highest BCUT2D eigenvalue weighted by Crippen LogP contribution is 2.29. The van der Waals surface area contributed by atoms with E-state index in [1.54, 1.807) is 36.4 Å². The Morgan fingerprint density at radius 1 is 1.07 bits per heavy atom. The van der Waals surface area contributed by atoms with Gasteiger partial charge >= 0.3 is 5.97 Å². The average molecular weight is 413 g/mol. The van der Waals surface area contributed by atoms with Crippen LogP contribution in [0.3, 0.4) is 0 Å². The molecule has 0 bridgehead atoms. The van der Waals surface area contributed by atoms with Crippen LogP contribution in [0.1, 0.15) is 51.7 Å². The molecule has 2 N–H and O–H groups in total. The summed E-state index contributed by atoms with van der Waals surface area (Å²) in [4.78, 5) is 12.2. The Bertz CT molecular complexity index is 868. The molecule has 0 aromatic heterocycles. The van der Waals surface area contributed by atoms with Crippen molar-refractivity contribution in [3.63, 3.8) is 0 Å². The molecule has 0 fully saturated rings. The highest BCUT2D eigenvalue weighted by molar-refractivity contribution is 5.75. The normalized spacial score (nSPS) is 11.8. The van der Waals surface area contributed by atoms with E-state index in [1.807, 2.05) is 45.9 Å². The van der Waals surface area contributed by atoms with Crippen LogP contribution < -0.4 is 4.74 Å². The number of phenolic OH excluding ortho intramolecular Hbond substituents is 2. The fourth-order valence-corrected chi connectivity index (χ4v) is 2.81. The zero-order valence-corrected chi connectivity index (χ0v) is 18.2. The molecule has 0 saturated carbocycles. The van der Waals surface area contributed by atoms with Crippen LogP contribution in [0.4, 0.5) is 0 Å². The topological polar surface area (TPSA) is 76.0 Å². The van der Waals surface area contributed by atoms with Crippen molar-refractivity contribution in [2.75, 3.05) is 13.2 Å². The van der Waals surface area contributed by atoms with Gasteiger partial charge in [0.05, 0.1) is 18.6 Å². The van der Waals surface area contributed by atoms with Crippen LogP contribution in [-0.2, 0) is 9.53 Å². The van der Waals surface area contributed by atoms with Crippen molar-refractivity contribution < 1.29 is 24.5 Å². The molecule has 0 aliphatic carbocycles. The Kier molecular flexibility index (Phi) is 8.34. The van der Waals surface area contributed by atoms with Gasteiger partial charge in [0, 0.05) is 0 Å². The summed E-state index contributed by atoms with van der Waals surface area (Å²) >= 11 is 0. The Hall–Kier alpha value is -2.95. The van der Waals surface area contributed by atoms with Crippen LogP contribution in [0, 0.1) is 11.3 Å². The molecular formula is C25H32O5. The summed E-state index contributed by atoms with van der Waals surface area (Å²) in [6, 6.07) is 12.1. The van der Waals surface area contributed by atoms with Crippen LogP contribution in [0.15, 0.2) is 42.5 Å². The molecule has 0 saturated heterocycles. The summed E-state index contributed by atoms with van der Waals surface area (Å²) in [5.74, 6) is 0.791. The smallest absolute Gasteiger partial charge is 0.311 e. The van der Waals surface area contributed by atoms with Crippen molar-refractivity contribution in [1.82, 2.24) is 0 Å². The fourth-order valence-electron chi connectivity index (χ4n) is 2.81. The second-order valence-corrected chi connectivity index (χ2v) is 8.48. The molecule has 0 amide bonds. The third kappa shape index (κ3) is 7.47. The first-order chi connectivity index (χ1) is 14.2. The molecule has 2 aromatic carbocycles.